The van der Waals surface area contributed by atoms with Crippen molar-refractivity contribution in [1.29, 1.82) is 0 Å². The first-order chi connectivity index (χ1) is 15.0. The molecule has 2 aromatic carbocycles. The Bertz CT molecular complexity index is 885. The highest BCUT2D eigenvalue weighted by atomic mass is 19.1. The molecule has 0 aliphatic carbocycles. The van der Waals surface area contributed by atoms with Crippen molar-refractivity contribution >= 4 is 11.9 Å². The molecule has 1 saturated heterocycles. The fourth-order valence-electron chi connectivity index (χ4n) is 3.79. The Morgan fingerprint density at radius 3 is 2.77 bits per heavy atom. The number of benzene rings is 2. The third-order valence-electron chi connectivity index (χ3n) is 5.27. The molecule has 2 aromatic rings. The number of hydrogen-bond donors (Lipinski definition) is 2. The fraction of sp³-hybridized carbons (Fsp3) is 0.417. The lowest BCUT2D eigenvalue weighted by atomic mass is 9.95. The molecule has 1 heterocycles. The van der Waals surface area contributed by atoms with Crippen LogP contribution in [0.15, 0.2) is 53.5 Å². The van der Waals surface area contributed by atoms with Crippen LogP contribution in [0.4, 0.5) is 4.39 Å². The zero-order valence-corrected chi connectivity index (χ0v) is 18.0. The molecule has 0 spiro atoms. The number of carbonyl (C=O) groups excluding carboxylic acids is 1. The van der Waals surface area contributed by atoms with Gasteiger partial charge >= 0.3 is 0 Å². The van der Waals surface area contributed by atoms with Gasteiger partial charge in [0.05, 0.1) is 6.54 Å². The molecule has 7 heteroatoms. The van der Waals surface area contributed by atoms with E-state index in [1.807, 2.05) is 37.3 Å². The predicted octanol–water partition coefficient (Wildman–Crippen LogP) is 3.46. The summed E-state index contributed by atoms with van der Waals surface area (Å²) < 4.78 is 19.0. The number of halogens is 1. The molecule has 166 valence electrons. The number of likely N-dealkylation sites (tertiary alicyclic amines) is 1. The maximum absolute atomic E-state index is 13.3. The Hall–Kier alpha value is -3.09. The van der Waals surface area contributed by atoms with E-state index >= 15 is 0 Å². The molecule has 1 fully saturated rings. The van der Waals surface area contributed by atoms with E-state index in [9.17, 15) is 9.18 Å². The van der Waals surface area contributed by atoms with Crippen LogP contribution < -0.4 is 15.8 Å². The number of aliphatic imine (C=N–C) groups is 1. The van der Waals surface area contributed by atoms with Gasteiger partial charge in [-0.15, -0.1) is 0 Å². The molecule has 0 aromatic heterocycles. The largest absolute Gasteiger partial charge is 0.489 e. The van der Waals surface area contributed by atoms with Crippen molar-refractivity contribution in [2.24, 2.45) is 16.6 Å². The van der Waals surface area contributed by atoms with E-state index in [0.29, 0.717) is 19.6 Å². The fourth-order valence-corrected chi connectivity index (χ4v) is 3.79. The summed E-state index contributed by atoms with van der Waals surface area (Å²) in [7, 11) is 0. The van der Waals surface area contributed by atoms with Gasteiger partial charge in [0.25, 0.3) is 0 Å². The highest BCUT2D eigenvalue weighted by Gasteiger charge is 2.23. The Labute approximate surface area is 183 Å². The van der Waals surface area contributed by atoms with Crippen LogP contribution in [0.2, 0.25) is 0 Å². The van der Waals surface area contributed by atoms with Crippen LogP contribution in [0.5, 0.6) is 5.75 Å². The van der Waals surface area contributed by atoms with Crippen molar-refractivity contribution in [1.82, 2.24) is 10.2 Å². The number of ether oxygens (including phenoxy) is 1. The minimum atomic E-state index is -0.263. The lowest BCUT2D eigenvalue weighted by Gasteiger charge is -2.34. The van der Waals surface area contributed by atoms with Crippen LogP contribution in [-0.2, 0) is 17.9 Å². The van der Waals surface area contributed by atoms with Gasteiger partial charge in [0.15, 0.2) is 5.96 Å². The van der Waals surface area contributed by atoms with Crippen LogP contribution in [0.1, 0.15) is 37.3 Å². The summed E-state index contributed by atoms with van der Waals surface area (Å²) in [6.07, 6.45) is 2.47. The van der Waals surface area contributed by atoms with Gasteiger partial charge in [0.2, 0.25) is 5.91 Å². The SMILES string of the molecule is CCNC(=NCc1ccc(OCc2cccc(F)c2)cc1)N1CCCC(CC(N)=O)C1. The first kappa shape index (κ1) is 22.6. The third kappa shape index (κ3) is 7.27. The second-order valence-electron chi connectivity index (χ2n) is 7.86. The smallest absolute Gasteiger partial charge is 0.217 e. The van der Waals surface area contributed by atoms with E-state index in [2.05, 4.69) is 10.2 Å². The molecule has 1 amide bonds. The number of primary amides is 1. The highest BCUT2D eigenvalue weighted by molar-refractivity contribution is 5.80. The third-order valence-corrected chi connectivity index (χ3v) is 5.27. The Kier molecular flexibility index (Phi) is 8.27. The van der Waals surface area contributed by atoms with Crippen molar-refractivity contribution in [2.75, 3.05) is 19.6 Å². The second-order valence-corrected chi connectivity index (χ2v) is 7.86. The van der Waals surface area contributed by atoms with Crippen LogP contribution >= 0.6 is 0 Å². The molecule has 31 heavy (non-hydrogen) atoms. The van der Waals surface area contributed by atoms with Crippen molar-refractivity contribution in [3.8, 4) is 5.75 Å². The molecule has 1 unspecified atom stereocenters. The standard InChI is InChI=1S/C24H31FN4O2/c1-2-27-24(29-12-4-6-19(16-29)14-23(26)30)28-15-18-8-10-22(11-9-18)31-17-20-5-3-7-21(25)13-20/h3,5,7-11,13,19H,2,4,6,12,14-17H2,1H3,(H2,26,30)(H,27,28). The number of nitrogens with two attached hydrogens (primary N) is 1. The summed E-state index contributed by atoms with van der Waals surface area (Å²) in [5, 5.41) is 3.36. The van der Waals surface area contributed by atoms with Gasteiger partial charge in [-0.05, 0) is 61.1 Å². The number of hydrogen-bond acceptors (Lipinski definition) is 3. The summed E-state index contributed by atoms with van der Waals surface area (Å²) in [5.41, 5.74) is 7.24. The molecule has 1 aliphatic rings. The van der Waals surface area contributed by atoms with Gasteiger partial charge in [0.1, 0.15) is 18.2 Å². The van der Waals surface area contributed by atoms with E-state index in [4.69, 9.17) is 15.5 Å². The average Bonchev–Trinajstić information content (AvgIpc) is 2.76. The number of amides is 1. The summed E-state index contributed by atoms with van der Waals surface area (Å²) in [6, 6.07) is 14.2. The molecular formula is C24H31FN4O2. The molecule has 3 N–H and O–H groups in total. The molecular weight excluding hydrogens is 395 g/mol. The highest BCUT2D eigenvalue weighted by Crippen LogP contribution is 2.20. The molecule has 1 atom stereocenters. The van der Waals surface area contributed by atoms with Crippen molar-refractivity contribution in [3.63, 3.8) is 0 Å². The zero-order chi connectivity index (χ0) is 22.1. The van der Waals surface area contributed by atoms with Crippen LogP contribution in [0, 0.1) is 11.7 Å². The lowest BCUT2D eigenvalue weighted by molar-refractivity contribution is -0.119. The van der Waals surface area contributed by atoms with E-state index in [1.165, 1.54) is 12.1 Å². The summed E-state index contributed by atoms with van der Waals surface area (Å²) >= 11 is 0. The Balaban J connectivity index is 1.57. The number of guanidine groups is 1. The predicted molar refractivity (Wildman–Crippen MR) is 120 cm³/mol. The normalized spacial score (nSPS) is 16.8. The number of nitrogens with one attached hydrogen (secondary N) is 1. The summed E-state index contributed by atoms with van der Waals surface area (Å²) in [4.78, 5) is 18.3. The van der Waals surface area contributed by atoms with Crippen molar-refractivity contribution < 1.29 is 13.9 Å². The molecule has 0 saturated carbocycles. The summed E-state index contributed by atoms with van der Waals surface area (Å²) in [5.74, 6) is 1.37. The second kappa shape index (κ2) is 11.3. The van der Waals surface area contributed by atoms with Gasteiger partial charge in [-0.25, -0.2) is 9.38 Å². The van der Waals surface area contributed by atoms with Gasteiger partial charge in [-0.2, -0.15) is 0 Å². The van der Waals surface area contributed by atoms with E-state index in [1.54, 1.807) is 6.07 Å². The van der Waals surface area contributed by atoms with Crippen LogP contribution in [0.25, 0.3) is 0 Å². The van der Waals surface area contributed by atoms with Gasteiger partial charge < -0.3 is 20.7 Å². The number of piperidine rings is 1. The number of nitrogens with zero attached hydrogens (tertiary/aromatic N) is 2. The zero-order valence-electron chi connectivity index (χ0n) is 18.0. The van der Waals surface area contributed by atoms with Gasteiger partial charge in [0, 0.05) is 26.1 Å². The van der Waals surface area contributed by atoms with Gasteiger partial charge in [-0.3, -0.25) is 4.79 Å². The number of carbonyl (C=O) groups is 1. The average molecular weight is 427 g/mol. The quantitative estimate of drug-likeness (QED) is 0.500. The van der Waals surface area contributed by atoms with E-state index < -0.39 is 0 Å². The first-order valence-electron chi connectivity index (χ1n) is 10.8. The number of rotatable bonds is 8. The summed E-state index contributed by atoms with van der Waals surface area (Å²) in [6.45, 7) is 5.41. The maximum Gasteiger partial charge on any atom is 0.217 e. The van der Waals surface area contributed by atoms with Crippen molar-refractivity contribution in [3.05, 3.63) is 65.5 Å². The maximum atomic E-state index is 13.3. The van der Waals surface area contributed by atoms with E-state index in [0.717, 1.165) is 55.3 Å². The van der Waals surface area contributed by atoms with E-state index in [-0.39, 0.29) is 17.6 Å². The topological polar surface area (TPSA) is 80.0 Å². The molecule has 1 aliphatic heterocycles. The molecule has 6 nitrogen and oxygen atoms in total. The molecule has 0 radical (unpaired) electrons. The molecule has 0 bridgehead atoms. The minimum absolute atomic E-state index is 0.242. The first-order valence-corrected chi connectivity index (χ1v) is 10.8. The van der Waals surface area contributed by atoms with Crippen molar-refractivity contribution in [2.45, 2.75) is 39.3 Å². The lowest BCUT2D eigenvalue weighted by Crippen LogP contribution is -2.47. The molecule has 3 rings (SSSR count). The van der Waals surface area contributed by atoms with Crippen LogP contribution in [0.3, 0.4) is 0 Å². The van der Waals surface area contributed by atoms with Crippen LogP contribution in [-0.4, -0.2) is 36.4 Å². The monoisotopic (exact) mass is 426 g/mol. The minimum Gasteiger partial charge on any atom is -0.489 e. The Morgan fingerprint density at radius 1 is 1.26 bits per heavy atom. The Morgan fingerprint density at radius 2 is 2.06 bits per heavy atom. The van der Waals surface area contributed by atoms with Gasteiger partial charge in [-0.1, -0.05) is 24.3 Å².